The van der Waals surface area contributed by atoms with Crippen LogP contribution in [-0.2, 0) is 14.8 Å². The molecule has 0 spiro atoms. The molecule has 1 aliphatic rings. The zero-order valence-corrected chi connectivity index (χ0v) is 12.3. The van der Waals surface area contributed by atoms with E-state index in [2.05, 4.69) is 17.0 Å². The zero-order valence-electron chi connectivity index (χ0n) is 11.4. The van der Waals surface area contributed by atoms with Gasteiger partial charge >= 0.3 is 0 Å². The lowest BCUT2D eigenvalue weighted by Crippen LogP contribution is -2.41. The van der Waals surface area contributed by atoms with E-state index in [-0.39, 0.29) is 16.5 Å². The van der Waals surface area contributed by atoms with E-state index in [0.29, 0.717) is 0 Å². The smallest absolute Gasteiger partial charge is 0.240 e. The van der Waals surface area contributed by atoms with Gasteiger partial charge in [0.25, 0.3) is 0 Å². The summed E-state index contributed by atoms with van der Waals surface area (Å²) < 4.78 is 31.1. The summed E-state index contributed by atoms with van der Waals surface area (Å²) in [6, 6.07) is 6.75. The summed E-state index contributed by atoms with van der Waals surface area (Å²) >= 11 is 0. The fourth-order valence-corrected chi connectivity index (χ4v) is 2.89. The Bertz CT molecular complexity index is 542. The van der Waals surface area contributed by atoms with Crippen LogP contribution < -0.4 is 10.0 Å². The SMILES string of the molecule is CNS(=O)(=O)c1ccc(NC2(C)CCOC2C)cc1. The van der Waals surface area contributed by atoms with Crippen molar-refractivity contribution in [2.45, 2.75) is 36.8 Å². The third-order valence-electron chi connectivity index (χ3n) is 3.75. The van der Waals surface area contributed by atoms with Crippen LogP contribution in [0, 0.1) is 0 Å². The van der Waals surface area contributed by atoms with Crippen LogP contribution in [0.4, 0.5) is 5.69 Å². The van der Waals surface area contributed by atoms with Gasteiger partial charge in [0.1, 0.15) is 0 Å². The van der Waals surface area contributed by atoms with Crippen molar-refractivity contribution in [2.24, 2.45) is 0 Å². The number of ether oxygens (including phenoxy) is 1. The van der Waals surface area contributed by atoms with E-state index >= 15 is 0 Å². The van der Waals surface area contributed by atoms with E-state index in [9.17, 15) is 8.42 Å². The molecule has 2 N–H and O–H groups in total. The van der Waals surface area contributed by atoms with E-state index in [1.54, 1.807) is 24.3 Å². The van der Waals surface area contributed by atoms with Gasteiger partial charge in [-0.2, -0.15) is 0 Å². The molecule has 1 fully saturated rings. The molecule has 2 atom stereocenters. The molecule has 0 aromatic heterocycles. The highest BCUT2D eigenvalue weighted by molar-refractivity contribution is 7.89. The molecular formula is C13H20N2O3S. The Labute approximate surface area is 114 Å². The van der Waals surface area contributed by atoms with E-state index in [1.807, 2.05) is 6.92 Å². The highest BCUT2D eigenvalue weighted by atomic mass is 32.2. The molecule has 2 rings (SSSR count). The first-order chi connectivity index (χ1) is 8.87. The fourth-order valence-electron chi connectivity index (χ4n) is 2.16. The van der Waals surface area contributed by atoms with Crippen LogP contribution in [0.15, 0.2) is 29.2 Å². The van der Waals surface area contributed by atoms with Gasteiger partial charge in [0.05, 0.1) is 16.5 Å². The number of sulfonamides is 1. The maximum absolute atomic E-state index is 11.6. The van der Waals surface area contributed by atoms with Crippen LogP contribution in [0.2, 0.25) is 0 Å². The van der Waals surface area contributed by atoms with Crippen LogP contribution in [0.25, 0.3) is 0 Å². The first-order valence-corrected chi connectivity index (χ1v) is 7.79. The van der Waals surface area contributed by atoms with Crippen LogP contribution in [-0.4, -0.2) is 33.7 Å². The summed E-state index contributed by atoms with van der Waals surface area (Å²) in [6.07, 6.45) is 1.07. The number of nitrogens with one attached hydrogen (secondary N) is 2. The van der Waals surface area contributed by atoms with Gasteiger partial charge in [-0.05, 0) is 51.6 Å². The Morgan fingerprint density at radius 1 is 1.32 bits per heavy atom. The Morgan fingerprint density at radius 2 is 1.95 bits per heavy atom. The summed E-state index contributed by atoms with van der Waals surface area (Å²) in [5, 5.41) is 3.42. The van der Waals surface area contributed by atoms with Gasteiger partial charge in [-0.1, -0.05) is 0 Å². The number of hydrogen-bond acceptors (Lipinski definition) is 4. The lowest BCUT2D eigenvalue weighted by molar-refractivity contribution is 0.105. The van der Waals surface area contributed by atoms with Crippen molar-refractivity contribution in [3.63, 3.8) is 0 Å². The molecule has 1 aromatic carbocycles. The van der Waals surface area contributed by atoms with E-state index in [1.165, 1.54) is 7.05 Å². The molecule has 19 heavy (non-hydrogen) atoms. The maximum Gasteiger partial charge on any atom is 0.240 e. The average Bonchev–Trinajstić information content (AvgIpc) is 2.70. The predicted octanol–water partition coefficient (Wildman–Crippen LogP) is 1.57. The van der Waals surface area contributed by atoms with Crippen molar-refractivity contribution < 1.29 is 13.2 Å². The zero-order chi connectivity index (χ0) is 14.1. The van der Waals surface area contributed by atoms with Crippen molar-refractivity contribution in [2.75, 3.05) is 19.0 Å². The van der Waals surface area contributed by atoms with Gasteiger partial charge in [-0.3, -0.25) is 0 Å². The van der Waals surface area contributed by atoms with Crippen molar-refractivity contribution in [1.29, 1.82) is 0 Å². The Hall–Kier alpha value is -1.11. The summed E-state index contributed by atoms with van der Waals surface area (Å²) in [5.74, 6) is 0. The van der Waals surface area contributed by atoms with E-state index in [4.69, 9.17) is 4.74 Å². The molecule has 0 bridgehead atoms. The molecule has 0 radical (unpaired) electrons. The molecule has 1 saturated heterocycles. The minimum absolute atomic E-state index is 0.108. The quantitative estimate of drug-likeness (QED) is 0.881. The molecule has 2 unspecified atom stereocenters. The second-order valence-corrected chi connectivity index (χ2v) is 6.92. The molecular weight excluding hydrogens is 264 g/mol. The maximum atomic E-state index is 11.6. The van der Waals surface area contributed by atoms with Crippen LogP contribution in [0.3, 0.4) is 0 Å². The minimum atomic E-state index is -3.37. The molecule has 6 heteroatoms. The van der Waals surface area contributed by atoms with Crippen LogP contribution in [0.5, 0.6) is 0 Å². The molecule has 1 heterocycles. The topological polar surface area (TPSA) is 67.4 Å². The van der Waals surface area contributed by atoms with Gasteiger partial charge in [0.15, 0.2) is 0 Å². The third-order valence-corrected chi connectivity index (χ3v) is 5.18. The number of anilines is 1. The predicted molar refractivity (Wildman–Crippen MR) is 74.7 cm³/mol. The average molecular weight is 284 g/mol. The van der Waals surface area contributed by atoms with Crippen molar-refractivity contribution in [3.05, 3.63) is 24.3 Å². The second-order valence-electron chi connectivity index (χ2n) is 5.04. The molecule has 106 valence electrons. The van der Waals surface area contributed by atoms with Crippen molar-refractivity contribution in [1.82, 2.24) is 4.72 Å². The summed E-state index contributed by atoms with van der Waals surface area (Å²) in [6.45, 7) is 4.90. The number of rotatable bonds is 4. The minimum Gasteiger partial charge on any atom is -0.377 e. The molecule has 5 nitrogen and oxygen atoms in total. The van der Waals surface area contributed by atoms with Crippen molar-refractivity contribution >= 4 is 15.7 Å². The number of benzene rings is 1. The van der Waals surface area contributed by atoms with Gasteiger partial charge in [-0.15, -0.1) is 0 Å². The lowest BCUT2D eigenvalue weighted by atomic mass is 9.94. The van der Waals surface area contributed by atoms with Gasteiger partial charge in [0.2, 0.25) is 10.0 Å². The summed E-state index contributed by atoms with van der Waals surface area (Å²) in [7, 11) is -1.97. The van der Waals surface area contributed by atoms with Gasteiger partial charge in [0, 0.05) is 12.3 Å². The number of hydrogen-bond donors (Lipinski definition) is 2. The Balaban J connectivity index is 2.16. The van der Waals surface area contributed by atoms with E-state index < -0.39 is 10.0 Å². The molecule has 0 saturated carbocycles. The van der Waals surface area contributed by atoms with Gasteiger partial charge in [-0.25, -0.2) is 13.1 Å². The molecule has 1 aliphatic heterocycles. The molecule has 0 amide bonds. The standard InChI is InChI=1S/C13H20N2O3S/c1-10-13(2,8-9-18-10)15-11-4-6-12(7-5-11)19(16,17)14-3/h4-7,10,14-15H,8-9H2,1-3H3. The molecule has 0 aliphatic carbocycles. The fraction of sp³-hybridized carbons (Fsp3) is 0.538. The first-order valence-electron chi connectivity index (χ1n) is 6.31. The highest BCUT2D eigenvalue weighted by Gasteiger charge is 2.36. The van der Waals surface area contributed by atoms with Gasteiger partial charge < -0.3 is 10.1 Å². The van der Waals surface area contributed by atoms with E-state index in [0.717, 1.165) is 18.7 Å². The normalized spacial score (nSPS) is 27.4. The Kier molecular flexibility index (Phi) is 3.85. The Morgan fingerprint density at radius 3 is 2.42 bits per heavy atom. The van der Waals surface area contributed by atoms with Crippen molar-refractivity contribution in [3.8, 4) is 0 Å². The summed E-state index contributed by atoms with van der Waals surface area (Å²) in [5.41, 5.74) is 0.790. The lowest BCUT2D eigenvalue weighted by Gasteiger charge is -2.30. The first kappa shape index (κ1) is 14.3. The highest BCUT2D eigenvalue weighted by Crippen LogP contribution is 2.29. The summed E-state index contributed by atoms with van der Waals surface area (Å²) in [4.78, 5) is 0.265. The monoisotopic (exact) mass is 284 g/mol. The molecule has 1 aromatic rings. The van der Waals surface area contributed by atoms with Crippen LogP contribution >= 0.6 is 0 Å². The van der Waals surface area contributed by atoms with Crippen LogP contribution in [0.1, 0.15) is 20.3 Å². The largest absolute Gasteiger partial charge is 0.377 e. The third kappa shape index (κ3) is 2.91. The second kappa shape index (κ2) is 5.11.